The van der Waals surface area contributed by atoms with Gasteiger partial charge in [-0.1, -0.05) is 72.8 Å². The summed E-state index contributed by atoms with van der Waals surface area (Å²) in [5.74, 6) is 1.39. The van der Waals surface area contributed by atoms with Gasteiger partial charge in [0.2, 0.25) is 0 Å². The summed E-state index contributed by atoms with van der Waals surface area (Å²) in [5.41, 5.74) is 3.03. The maximum absolute atomic E-state index is 11.8. The molecule has 0 unspecified atom stereocenters. The third-order valence-corrected chi connectivity index (χ3v) is 4.67. The molecule has 28 heavy (non-hydrogen) atoms. The van der Waals surface area contributed by atoms with Crippen molar-refractivity contribution in [2.75, 3.05) is 14.2 Å². The molecule has 4 heteroatoms. The predicted octanol–water partition coefficient (Wildman–Crippen LogP) is 4.65. The second kappa shape index (κ2) is 9.72. The van der Waals surface area contributed by atoms with Crippen LogP contribution in [0, 0.1) is 0 Å². The van der Waals surface area contributed by atoms with E-state index in [1.807, 2.05) is 90.8 Å². The number of carbonyl (C=O) groups is 1. The molecule has 0 aliphatic carbocycles. The van der Waals surface area contributed by atoms with Crippen molar-refractivity contribution in [3.8, 4) is 11.5 Å². The monoisotopic (exact) mass is 375 g/mol. The number of methoxy groups -OCH3 is 1. The highest BCUT2D eigenvalue weighted by Gasteiger charge is 2.19. The molecule has 0 saturated heterocycles. The van der Waals surface area contributed by atoms with E-state index in [9.17, 15) is 4.79 Å². The highest BCUT2D eigenvalue weighted by atomic mass is 16.5. The van der Waals surface area contributed by atoms with Crippen LogP contribution in [0.4, 0.5) is 0 Å². The lowest BCUT2D eigenvalue weighted by Crippen LogP contribution is -2.25. The molecule has 0 aliphatic rings. The minimum absolute atomic E-state index is 0.325. The van der Waals surface area contributed by atoms with Crippen LogP contribution in [-0.2, 0) is 17.9 Å². The first-order valence-corrected chi connectivity index (χ1v) is 9.26. The summed E-state index contributed by atoms with van der Waals surface area (Å²) < 4.78 is 11.6. The quantitative estimate of drug-likeness (QED) is 0.511. The molecule has 0 aromatic heterocycles. The Bertz CT molecular complexity index is 881. The minimum atomic E-state index is -0.325. The van der Waals surface area contributed by atoms with Crippen LogP contribution >= 0.6 is 0 Å². The first-order chi connectivity index (χ1) is 13.7. The van der Waals surface area contributed by atoms with E-state index in [-0.39, 0.29) is 6.04 Å². The Kier molecular flexibility index (Phi) is 6.82. The van der Waals surface area contributed by atoms with E-state index in [1.165, 1.54) is 0 Å². The van der Waals surface area contributed by atoms with E-state index >= 15 is 0 Å². The molecule has 3 rings (SSSR count). The summed E-state index contributed by atoms with van der Waals surface area (Å²) in [6.07, 6.45) is 0.972. The van der Waals surface area contributed by atoms with E-state index in [0.29, 0.717) is 24.7 Å². The zero-order chi connectivity index (χ0) is 19.8. The number of rotatable bonds is 9. The van der Waals surface area contributed by atoms with Crippen LogP contribution in [0.25, 0.3) is 0 Å². The van der Waals surface area contributed by atoms with Crippen LogP contribution in [0.2, 0.25) is 0 Å². The predicted molar refractivity (Wildman–Crippen MR) is 110 cm³/mol. The SMILES string of the molecule is COc1cccc(CN(C)[C@H](C=O)c2ccccc2)c1OCc1ccccc1. The molecule has 0 saturated carbocycles. The molecule has 3 aromatic rings. The number of hydrogen-bond donors (Lipinski definition) is 0. The Hall–Kier alpha value is -3.11. The second-order valence-electron chi connectivity index (χ2n) is 6.63. The van der Waals surface area contributed by atoms with Gasteiger partial charge in [-0.05, 0) is 24.2 Å². The Balaban J connectivity index is 1.81. The van der Waals surface area contributed by atoms with Crippen molar-refractivity contribution in [2.24, 2.45) is 0 Å². The van der Waals surface area contributed by atoms with Gasteiger partial charge in [0.1, 0.15) is 12.9 Å². The lowest BCUT2D eigenvalue weighted by molar-refractivity contribution is -0.112. The van der Waals surface area contributed by atoms with Crippen molar-refractivity contribution in [1.82, 2.24) is 4.90 Å². The van der Waals surface area contributed by atoms with Crippen LogP contribution in [0.1, 0.15) is 22.7 Å². The normalized spacial score (nSPS) is 11.8. The fraction of sp³-hybridized carbons (Fsp3) is 0.208. The average Bonchev–Trinajstić information content (AvgIpc) is 2.74. The second-order valence-corrected chi connectivity index (χ2v) is 6.63. The lowest BCUT2D eigenvalue weighted by Gasteiger charge is -2.25. The molecule has 3 aromatic carbocycles. The van der Waals surface area contributed by atoms with Gasteiger partial charge in [-0.3, -0.25) is 4.90 Å². The Morgan fingerprint density at radius 2 is 1.61 bits per heavy atom. The molecule has 0 aliphatic heterocycles. The van der Waals surface area contributed by atoms with Gasteiger partial charge < -0.3 is 14.3 Å². The molecule has 0 amide bonds. The minimum Gasteiger partial charge on any atom is -0.493 e. The molecule has 0 N–H and O–H groups in total. The van der Waals surface area contributed by atoms with Gasteiger partial charge in [0.15, 0.2) is 11.5 Å². The van der Waals surface area contributed by atoms with Crippen molar-refractivity contribution < 1.29 is 14.3 Å². The van der Waals surface area contributed by atoms with E-state index in [0.717, 1.165) is 23.0 Å². The van der Waals surface area contributed by atoms with Crippen molar-refractivity contribution >= 4 is 6.29 Å². The van der Waals surface area contributed by atoms with Gasteiger partial charge in [-0.25, -0.2) is 0 Å². The molecular formula is C24H25NO3. The number of hydrogen-bond acceptors (Lipinski definition) is 4. The standard InChI is InChI=1S/C24H25NO3/c1-25(22(17-26)20-12-7-4-8-13-20)16-21-14-9-15-23(27-2)24(21)28-18-19-10-5-3-6-11-19/h3-15,17,22H,16,18H2,1-2H3/t22-/m1/s1. The van der Waals surface area contributed by atoms with Crippen molar-refractivity contribution in [1.29, 1.82) is 0 Å². The molecule has 144 valence electrons. The smallest absolute Gasteiger partial charge is 0.166 e. The number of aldehydes is 1. The summed E-state index contributed by atoms with van der Waals surface area (Å²) in [4.78, 5) is 13.8. The Morgan fingerprint density at radius 3 is 2.25 bits per heavy atom. The van der Waals surface area contributed by atoms with Crippen LogP contribution in [-0.4, -0.2) is 25.3 Å². The number of benzene rings is 3. The van der Waals surface area contributed by atoms with Gasteiger partial charge in [0.25, 0.3) is 0 Å². The van der Waals surface area contributed by atoms with E-state index in [4.69, 9.17) is 9.47 Å². The van der Waals surface area contributed by atoms with E-state index in [1.54, 1.807) is 7.11 Å². The molecule has 4 nitrogen and oxygen atoms in total. The van der Waals surface area contributed by atoms with Gasteiger partial charge in [0.05, 0.1) is 13.2 Å². The molecule has 1 atom stereocenters. The van der Waals surface area contributed by atoms with Gasteiger partial charge in [-0.2, -0.15) is 0 Å². The highest BCUT2D eigenvalue weighted by Crippen LogP contribution is 2.33. The summed E-state index contributed by atoms with van der Waals surface area (Å²) >= 11 is 0. The summed E-state index contributed by atoms with van der Waals surface area (Å²) in [6.45, 7) is 1.01. The third kappa shape index (κ3) is 4.78. The number of nitrogens with zero attached hydrogens (tertiary/aromatic N) is 1. The maximum Gasteiger partial charge on any atom is 0.166 e. The van der Waals surface area contributed by atoms with Crippen molar-refractivity contribution in [3.63, 3.8) is 0 Å². The first kappa shape index (κ1) is 19.6. The summed E-state index contributed by atoms with van der Waals surface area (Å²) in [7, 11) is 3.57. The number of para-hydroxylation sites is 1. The summed E-state index contributed by atoms with van der Waals surface area (Å²) in [5, 5.41) is 0. The fourth-order valence-electron chi connectivity index (χ4n) is 3.19. The molecule has 0 fully saturated rings. The third-order valence-electron chi connectivity index (χ3n) is 4.67. The molecule has 0 radical (unpaired) electrons. The number of ether oxygens (including phenoxy) is 2. The van der Waals surface area contributed by atoms with Crippen molar-refractivity contribution in [2.45, 2.75) is 19.2 Å². The van der Waals surface area contributed by atoms with Crippen LogP contribution in [0.15, 0.2) is 78.9 Å². The van der Waals surface area contributed by atoms with Crippen LogP contribution in [0.3, 0.4) is 0 Å². The molecule has 0 heterocycles. The zero-order valence-electron chi connectivity index (χ0n) is 16.2. The largest absolute Gasteiger partial charge is 0.493 e. The average molecular weight is 375 g/mol. The van der Waals surface area contributed by atoms with E-state index < -0.39 is 0 Å². The molecular weight excluding hydrogens is 350 g/mol. The number of likely N-dealkylation sites (N-methyl/N-ethyl adjacent to an activating group) is 1. The van der Waals surface area contributed by atoms with Crippen LogP contribution in [0.5, 0.6) is 11.5 Å². The van der Waals surface area contributed by atoms with Crippen LogP contribution < -0.4 is 9.47 Å². The lowest BCUT2D eigenvalue weighted by atomic mass is 10.1. The fourth-order valence-corrected chi connectivity index (χ4v) is 3.19. The Morgan fingerprint density at radius 1 is 0.929 bits per heavy atom. The highest BCUT2D eigenvalue weighted by molar-refractivity contribution is 5.61. The van der Waals surface area contributed by atoms with Gasteiger partial charge in [0, 0.05) is 12.1 Å². The first-order valence-electron chi connectivity index (χ1n) is 9.26. The van der Waals surface area contributed by atoms with Gasteiger partial charge in [-0.15, -0.1) is 0 Å². The topological polar surface area (TPSA) is 38.8 Å². The number of carbonyl (C=O) groups excluding carboxylic acids is 1. The van der Waals surface area contributed by atoms with Crippen molar-refractivity contribution in [3.05, 3.63) is 95.6 Å². The maximum atomic E-state index is 11.8. The van der Waals surface area contributed by atoms with Gasteiger partial charge >= 0.3 is 0 Å². The molecule has 0 spiro atoms. The Labute approximate surface area is 166 Å². The zero-order valence-corrected chi connectivity index (χ0v) is 16.2. The van der Waals surface area contributed by atoms with E-state index in [2.05, 4.69) is 0 Å². The molecule has 0 bridgehead atoms. The summed E-state index contributed by atoms with van der Waals surface area (Å²) in [6, 6.07) is 25.3.